The van der Waals surface area contributed by atoms with Crippen molar-refractivity contribution in [2.24, 2.45) is 28.2 Å². The Labute approximate surface area is 744 Å². The van der Waals surface area contributed by atoms with Gasteiger partial charge in [0.1, 0.15) is 50.9 Å². The van der Waals surface area contributed by atoms with E-state index in [1.807, 2.05) is 133 Å². The average molecular weight is 1800 g/mol. The van der Waals surface area contributed by atoms with Gasteiger partial charge in [0, 0.05) is 86.0 Å². The fraction of sp³-hybridized carbons (Fsp3) is 0.319. The van der Waals surface area contributed by atoms with Gasteiger partial charge in [-0.3, -0.25) is 38.4 Å². The molecule has 0 spiro atoms. The van der Waals surface area contributed by atoms with Gasteiger partial charge in [-0.15, -0.1) is 0 Å². The Kier molecular flexibility index (Phi) is 26.9. The molecule has 8 N–H and O–H groups in total. The SMILES string of the molecule is COc1cc2c(cc(C(=O)NC3(c4ccc(CC(=O)O)cc4C)COC3)n2C)c(Cl)c1C.COc1cc2c(cc(C(=O)NC3(c4ccc(CC(=O)O)cc4C)COC3)n2C)c(Cl)c1F.COc1ccc2c(cc(C(=O)NC3(c4ccc(C(C)C(=O)O)cc4)CCOC3)n2C)c1Cl.Cc1cc(CC(=O)O)ccc1C1(NC(=O)c2cc3c(Cl)c(C)ccc3n2C)COC1. The number of aryl methyl sites for hydroxylation is 8. The van der Waals surface area contributed by atoms with Crippen LogP contribution in [0.3, 0.4) is 0 Å². The number of ether oxygens (including phenoxy) is 7. The Morgan fingerprint density at radius 3 is 1.10 bits per heavy atom. The Bertz CT molecular complexity index is 6180. The molecule has 32 heteroatoms. The monoisotopic (exact) mass is 1800 g/mol. The standard InChI is InChI=1S/2C24H25ClN2O5.C23H22ClFN2O5.C23H23ClN2O4/c1-13-7-15(8-21(28)29)5-6-17(13)24(11-32-12-24)26-23(30)19-9-16-18(27(19)3)10-20(31-4)14(2)22(16)25;1-14(23(29)30)15-4-6-16(7-5-15)24(10-11-32-13-24)26-22(28)19-12-17-18(27(19)2)8-9-20(31-3)21(17)25;1-12-6-13(7-19(28)29)4-5-15(12)23(10-32-11-23)26-22(30)17-8-14-16(27(17)2)9-18(31-3)21(25)20(14)24;1-13-4-7-18-16(21(13)24)10-19(26(18)3)22(29)25-23(11-30-12-23)17-6-5-15(8-14(17)2)9-20(27)28/h5-7,9-10H,8,11-12H2,1-4H3,(H,26,30)(H,28,29);4-9,12,14H,10-11,13H2,1-3H3,(H,26,28)(H,29,30);4-6,8-9H,7,10-11H2,1-3H3,(H,26,30)(H,28,29);4-8,10H,9,11-12H2,1-3H3,(H,25,29)(H,27,28). The molecule has 2 atom stereocenters. The van der Waals surface area contributed by atoms with Gasteiger partial charge in [0.05, 0.1) is 135 Å². The van der Waals surface area contributed by atoms with Crippen molar-refractivity contribution < 1.29 is 96.3 Å². The van der Waals surface area contributed by atoms with Gasteiger partial charge >= 0.3 is 23.9 Å². The van der Waals surface area contributed by atoms with E-state index >= 15 is 0 Å². The maximum Gasteiger partial charge on any atom is 0.310 e. The summed E-state index contributed by atoms with van der Waals surface area (Å²) >= 11 is 25.6. The predicted octanol–water partition coefficient (Wildman–Crippen LogP) is 15.1. The first-order chi connectivity index (χ1) is 59.8. The van der Waals surface area contributed by atoms with E-state index in [2.05, 4.69) is 21.3 Å². The Morgan fingerprint density at radius 2 is 0.754 bits per heavy atom. The molecule has 12 aromatic rings. The number of carboxylic acids is 4. The highest BCUT2D eigenvalue weighted by molar-refractivity contribution is 6.38. The van der Waals surface area contributed by atoms with E-state index < -0.39 is 57.8 Å². The summed E-state index contributed by atoms with van der Waals surface area (Å²) in [5.41, 5.74) is 13.0. The summed E-state index contributed by atoms with van der Waals surface area (Å²) in [5.74, 6) is -4.67. The van der Waals surface area contributed by atoms with Crippen LogP contribution in [0.4, 0.5) is 4.39 Å². The molecule has 126 heavy (non-hydrogen) atoms. The second-order valence-electron chi connectivity index (χ2n) is 32.4. The molecule has 2 unspecified atom stereocenters. The van der Waals surface area contributed by atoms with Gasteiger partial charge in [0.15, 0.2) is 11.6 Å². The number of carboxylic acid groups (broad SMARTS) is 4. The second-order valence-corrected chi connectivity index (χ2v) is 33.9. The first-order valence-corrected chi connectivity index (χ1v) is 41.6. The molecular formula is C94H95Cl4FN8O19. The zero-order chi connectivity index (χ0) is 91.1. The molecule has 8 aromatic carbocycles. The van der Waals surface area contributed by atoms with Crippen molar-refractivity contribution in [3.8, 4) is 17.2 Å². The van der Waals surface area contributed by atoms with Gasteiger partial charge in [0.25, 0.3) is 23.6 Å². The van der Waals surface area contributed by atoms with Crippen LogP contribution in [0.25, 0.3) is 43.6 Å². The van der Waals surface area contributed by atoms with Crippen LogP contribution in [-0.4, -0.2) is 160 Å². The summed E-state index contributed by atoms with van der Waals surface area (Å²) in [6.07, 6.45) is 0.461. The number of rotatable bonds is 23. The maximum atomic E-state index is 14.4. The van der Waals surface area contributed by atoms with Gasteiger partial charge in [0.2, 0.25) is 0 Å². The van der Waals surface area contributed by atoms with Crippen LogP contribution in [0, 0.1) is 40.4 Å². The highest BCUT2D eigenvalue weighted by atomic mass is 35.5. The third kappa shape index (κ3) is 17.9. The first-order valence-electron chi connectivity index (χ1n) is 40.1. The van der Waals surface area contributed by atoms with Gasteiger partial charge in [-0.1, -0.05) is 131 Å². The van der Waals surface area contributed by atoms with E-state index in [9.17, 15) is 47.9 Å². The fourth-order valence-corrected chi connectivity index (χ4v) is 17.9. The zero-order valence-electron chi connectivity index (χ0n) is 71.4. The number of nitrogens with one attached hydrogen (secondary N) is 4. The number of aliphatic carboxylic acids is 4. The second kappa shape index (κ2) is 36.9. The van der Waals surface area contributed by atoms with Crippen molar-refractivity contribution >= 4 is 138 Å². The highest BCUT2D eigenvalue weighted by Gasteiger charge is 2.47. The zero-order valence-corrected chi connectivity index (χ0v) is 74.5. The Balaban J connectivity index is 0.000000144. The van der Waals surface area contributed by atoms with Gasteiger partial charge in [-0.05, 0) is 151 Å². The molecule has 4 fully saturated rings. The summed E-state index contributed by atoms with van der Waals surface area (Å²) in [7, 11) is 11.7. The number of carbonyl (C=O) groups is 8. The lowest BCUT2D eigenvalue weighted by atomic mass is 9.84. The number of carbonyl (C=O) groups excluding carboxylic acids is 4. The molecule has 4 aliphatic rings. The van der Waals surface area contributed by atoms with E-state index in [1.165, 1.54) is 13.2 Å². The summed E-state index contributed by atoms with van der Waals surface area (Å²) < 4.78 is 59.2. The number of hydrogen-bond donors (Lipinski definition) is 8. The Morgan fingerprint density at radius 1 is 0.405 bits per heavy atom. The number of hydrogen-bond acceptors (Lipinski definition) is 15. The lowest BCUT2D eigenvalue weighted by Crippen LogP contribution is -2.59. The van der Waals surface area contributed by atoms with Gasteiger partial charge in [-0.25, -0.2) is 4.39 Å². The maximum absolute atomic E-state index is 14.4. The van der Waals surface area contributed by atoms with E-state index in [-0.39, 0.29) is 66.9 Å². The predicted molar refractivity (Wildman–Crippen MR) is 475 cm³/mol. The number of nitrogens with zero attached hydrogens (tertiary/aromatic N) is 4. The van der Waals surface area contributed by atoms with Crippen LogP contribution in [0.1, 0.15) is 134 Å². The number of fused-ring (bicyclic) bond motifs is 4. The molecule has 4 aliphatic heterocycles. The van der Waals surface area contributed by atoms with Crippen LogP contribution in [0.15, 0.2) is 140 Å². The number of amides is 4. The van der Waals surface area contributed by atoms with E-state index in [1.54, 1.807) is 103 Å². The quantitative estimate of drug-likeness (QED) is 0.0295. The summed E-state index contributed by atoms with van der Waals surface area (Å²) in [6, 6.07) is 41.6. The molecule has 0 saturated carbocycles. The van der Waals surface area contributed by atoms with Gasteiger partial charge in [-0.2, -0.15) is 0 Å². The topological polar surface area (TPSA) is 350 Å². The summed E-state index contributed by atoms with van der Waals surface area (Å²) in [5, 5.41) is 53.2. The normalized spacial score (nSPS) is 16.0. The summed E-state index contributed by atoms with van der Waals surface area (Å²) in [6.45, 7) is 14.0. The molecule has 27 nitrogen and oxygen atoms in total. The van der Waals surface area contributed by atoms with Crippen LogP contribution < -0.4 is 35.5 Å². The third-order valence-corrected chi connectivity index (χ3v) is 25.8. The number of aromatic nitrogens is 4. The number of benzene rings is 8. The van der Waals surface area contributed by atoms with E-state index in [0.29, 0.717) is 123 Å². The van der Waals surface area contributed by atoms with Crippen molar-refractivity contribution in [1.29, 1.82) is 0 Å². The van der Waals surface area contributed by atoms with Crippen LogP contribution in [0.2, 0.25) is 20.1 Å². The Hall–Kier alpha value is -12.0. The van der Waals surface area contributed by atoms with Crippen molar-refractivity contribution in [2.75, 3.05) is 74.2 Å². The molecular weight excluding hydrogens is 1710 g/mol. The van der Waals surface area contributed by atoms with Crippen molar-refractivity contribution in [2.45, 2.75) is 95.3 Å². The van der Waals surface area contributed by atoms with Gasteiger partial charge < -0.3 is 93.1 Å². The molecule has 0 aliphatic carbocycles. The summed E-state index contributed by atoms with van der Waals surface area (Å²) in [4.78, 5) is 97.5. The molecule has 4 amide bonds. The molecule has 4 saturated heterocycles. The fourth-order valence-electron chi connectivity index (χ4n) is 16.9. The minimum atomic E-state index is -0.908. The third-order valence-electron chi connectivity index (χ3n) is 24.1. The van der Waals surface area contributed by atoms with E-state index in [4.69, 9.17) is 94.9 Å². The molecule has 4 aromatic heterocycles. The lowest BCUT2D eigenvalue weighted by Gasteiger charge is -2.43. The minimum absolute atomic E-state index is 0.00315. The van der Waals surface area contributed by atoms with Crippen molar-refractivity contribution in [3.05, 3.63) is 261 Å². The molecule has 16 rings (SSSR count). The van der Waals surface area contributed by atoms with Crippen LogP contribution >= 0.6 is 46.4 Å². The molecule has 8 heterocycles. The smallest absolute Gasteiger partial charge is 0.310 e. The van der Waals surface area contributed by atoms with E-state index in [0.717, 1.165) is 88.3 Å². The van der Waals surface area contributed by atoms with Crippen LogP contribution in [-0.2, 0) is 108 Å². The number of halogens is 5. The first kappa shape index (κ1) is 91.7. The molecule has 0 radical (unpaired) electrons. The molecule has 0 bridgehead atoms. The average Bonchev–Trinajstić information content (AvgIpc) is 1.65. The largest absolute Gasteiger partial charge is 0.496 e. The van der Waals surface area contributed by atoms with Crippen LogP contribution in [0.5, 0.6) is 17.2 Å². The number of methoxy groups -OCH3 is 3. The molecule has 660 valence electrons. The minimum Gasteiger partial charge on any atom is -0.496 e. The highest BCUT2D eigenvalue weighted by Crippen LogP contribution is 2.43. The van der Waals surface area contributed by atoms with Crippen molar-refractivity contribution in [3.63, 3.8) is 0 Å². The lowest BCUT2D eigenvalue weighted by molar-refractivity contribution is -0.139. The van der Waals surface area contributed by atoms with Crippen molar-refractivity contribution in [1.82, 2.24) is 39.5 Å².